The first-order valence-electron chi connectivity index (χ1n) is 13.4. The number of para-hydroxylation sites is 2. The maximum absolute atomic E-state index is 12.8. The van der Waals surface area contributed by atoms with Crippen molar-refractivity contribution in [1.82, 2.24) is 0 Å². The molecule has 0 amide bonds. The number of hydrogen-bond donors (Lipinski definition) is 0. The molecule has 0 fully saturated rings. The first kappa shape index (κ1) is 33.6. The molecule has 0 spiro atoms. The molecule has 9 nitrogen and oxygen atoms in total. The highest BCUT2D eigenvalue weighted by Crippen LogP contribution is 2.49. The van der Waals surface area contributed by atoms with Crippen molar-refractivity contribution in [3.05, 3.63) is 42.5 Å². The van der Waals surface area contributed by atoms with Gasteiger partial charge in [0.05, 0.1) is 33.0 Å². The van der Waals surface area contributed by atoms with E-state index in [-0.39, 0.29) is 0 Å². The minimum atomic E-state index is -2.97. The molecule has 0 N–H and O–H groups in total. The summed E-state index contributed by atoms with van der Waals surface area (Å²) in [4.78, 5) is 0. The summed E-state index contributed by atoms with van der Waals surface area (Å²) in [5.74, 6) is 2.43. The van der Waals surface area contributed by atoms with Gasteiger partial charge >= 0.3 is 0 Å². The van der Waals surface area contributed by atoms with Crippen LogP contribution in [0.3, 0.4) is 0 Å². The molecule has 2 aromatic rings. The molecule has 1 heterocycles. The fourth-order valence-electron chi connectivity index (χ4n) is 3.20. The lowest BCUT2D eigenvalue weighted by atomic mass is 10.2. The van der Waals surface area contributed by atoms with Gasteiger partial charge in [-0.3, -0.25) is 4.57 Å². The van der Waals surface area contributed by atoms with Crippen molar-refractivity contribution in [2.45, 2.75) is 34.6 Å². The lowest BCUT2D eigenvalue weighted by molar-refractivity contribution is 0.0640. The molecule has 2 aromatic carbocycles. The van der Waals surface area contributed by atoms with Crippen LogP contribution < -0.4 is 23.6 Å². The third-order valence-corrected chi connectivity index (χ3v) is 7.06. The number of benzene rings is 2. The predicted octanol–water partition coefficient (Wildman–Crippen LogP) is 6.30. The maximum atomic E-state index is 12.8. The van der Waals surface area contributed by atoms with E-state index < -0.39 is 7.52 Å². The Balaban J connectivity index is 0.00000172. The number of rotatable bonds is 4. The summed E-state index contributed by atoms with van der Waals surface area (Å²) in [5, 5.41) is 0. The Bertz CT molecular complexity index is 943. The van der Waals surface area contributed by atoms with Crippen molar-refractivity contribution in [1.29, 1.82) is 0 Å². The molecule has 0 aliphatic carbocycles. The minimum Gasteiger partial charge on any atom is -0.487 e. The van der Waals surface area contributed by atoms with Gasteiger partial charge in [0.25, 0.3) is 7.52 Å². The van der Waals surface area contributed by atoms with Gasteiger partial charge in [-0.05, 0) is 31.2 Å². The molecule has 0 radical (unpaired) electrons. The zero-order chi connectivity index (χ0) is 28.2. The number of fused-ring (bicyclic) bond motifs is 2. The van der Waals surface area contributed by atoms with E-state index >= 15 is 0 Å². The standard InChI is InChI=1S/C24H34NO8P.2C2H6/c1-4-33-34(3,26)25(2)20-9-10-23-24(19-20)32-18-14-28-12-16-30-22-8-6-5-7-21(22)29-15-11-27-13-17-31-23;2*1-2/h5-10,19H,4,11-18H2,1-3H3;2*1-2H3. The lowest BCUT2D eigenvalue weighted by Crippen LogP contribution is -2.17. The molecule has 1 atom stereocenters. The third kappa shape index (κ3) is 11.5. The summed E-state index contributed by atoms with van der Waals surface area (Å²) in [5.41, 5.74) is 0.699. The Kier molecular flexibility index (Phi) is 17.3. The predicted molar refractivity (Wildman–Crippen MR) is 153 cm³/mol. The van der Waals surface area contributed by atoms with Crippen LogP contribution in [0.4, 0.5) is 5.69 Å². The fourth-order valence-corrected chi connectivity index (χ4v) is 4.40. The average Bonchev–Trinajstić information content (AvgIpc) is 2.94. The van der Waals surface area contributed by atoms with E-state index in [1.807, 2.05) is 65.0 Å². The van der Waals surface area contributed by atoms with Crippen molar-refractivity contribution in [2.24, 2.45) is 0 Å². The highest BCUT2D eigenvalue weighted by Gasteiger charge is 2.23. The van der Waals surface area contributed by atoms with Crippen molar-refractivity contribution >= 4 is 13.2 Å². The van der Waals surface area contributed by atoms with Gasteiger partial charge in [0.1, 0.15) is 26.4 Å². The Morgan fingerprint density at radius 3 is 1.58 bits per heavy atom. The minimum absolute atomic E-state index is 0.314. The van der Waals surface area contributed by atoms with Crippen molar-refractivity contribution in [3.8, 4) is 23.0 Å². The van der Waals surface area contributed by atoms with Crippen LogP contribution in [0.5, 0.6) is 23.0 Å². The van der Waals surface area contributed by atoms with Gasteiger partial charge in [0.15, 0.2) is 23.0 Å². The number of hydrogen-bond acceptors (Lipinski definition) is 8. The largest absolute Gasteiger partial charge is 0.487 e. The topological polar surface area (TPSA) is 84.9 Å². The molecule has 216 valence electrons. The Morgan fingerprint density at radius 2 is 1.13 bits per heavy atom. The molecular weight excluding hydrogens is 509 g/mol. The van der Waals surface area contributed by atoms with E-state index in [9.17, 15) is 4.57 Å². The first-order chi connectivity index (χ1) is 18.5. The Hall–Kier alpha value is -2.45. The molecular formula is C28H46NO8P. The summed E-state index contributed by atoms with van der Waals surface area (Å²) in [7, 11) is -1.24. The molecule has 38 heavy (non-hydrogen) atoms. The molecule has 0 bridgehead atoms. The fraction of sp³-hybridized carbons (Fsp3) is 0.571. The smallest absolute Gasteiger partial charge is 0.293 e. The SMILES string of the molecule is CC.CC.CCOP(C)(=O)N(C)c1ccc2c(c1)OCCOCCOc1ccccc1OCCOCCO2. The Labute approximate surface area is 228 Å². The van der Waals surface area contributed by atoms with E-state index in [2.05, 4.69) is 0 Å². The average molecular weight is 556 g/mol. The van der Waals surface area contributed by atoms with Crippen LogP contribution in [0.15, 0.2) is 42.5 Å². The van der Waals surface area contributed by atoms with Gasteiger partial charge in [-0.1, -0.05) is 39.8 Å². The van der Waals surface area contributed by atoms with Crippen LogP contribution >= 0.6 is 7.52 Å². The van der Waals surface area contributed by atoms with Gasteiger partial charge in [0, 0.05) is 25.5 Å². The van der Waals surface area contributed by atoms with Gasteiger partial charge in [-0.25, -0.2) is 0 Å². The number of ether oxygens (including phenoxy) is 6. The number of nitrogens with zero attached hydrogens (tertiary/aromatic N) is 1. The second kappa shape index (κ2) is 19.6. The maximum Gasteiger partial charge on any atom is 0.293 e. The zero-order valence-corrected chi connectivity index (χ0v) is 25.0. The van der Waals surface area contributed by atoms with Gasteiger partial charge < -0.3 is 37.6 Å². The lowest BCUT2D eigenvalue weighted by Gasteiger charge is -2.27. The summed E-state index contributed by atoms with van der Waals surface area (Å²) < 4.78 is 54.6. The van der Waals surface area contributed by atoms with E-state index in [1.165, 1.54) is 0 Å². The molecule has 1 unspecified atom stereocenters. The van der Waals surface area contributed by atoms with Crippen molar-refractivity contribution in [3.63, 3.8) is 0 Å². The molecule has 1 aliphatic heterocycles. The van der Waals surface area contributed by atoms with E-state index in [4.69, 9.17) is 32.9 Å². The van der Waals surface area contributed by atoms with Gasteiger partial charge in [-0.2, -0.15) is 0 Å². The number of anilines is 1. The summed E-state index contributed by atoms with van der Waals surface area (Å²) >= 11 is 0. The molecule has 0 saturated carbocycles. The van der Waals surface area contributed by atoms with Gasteiger partial charge in [0.2, 0.25) is 0 Å². The van der Waals surface area contributed by atoms with E-state index in [1.54, 1.807) is 30.5 Å². The molecule has 3 rings (SSSR count). The first-order valence-corrected chi connectivity index (χ1v) is 15.4. The second-order valence-electron chi connectivity index (χ2n) is 7.44. The van der Waals surface area contributed by atoms with Crippen molar-refractivity contribution < 1.29 is 37.5 Å². The highest BCUT2D eigenvalue weighted by atomic mass is 31.2. The Morgan fingerprint density at radius 1 is 0.711 bits per heavy atom. The monoisotopic (exact) mass is 555 g/mol. The molecule has 0 saturated heterocycles. The second-order valence-corrected chi connectivity index (χ2v) is 9.90. The zero-order valence-electron chi connectivity index (χ0n) is 24.1. The molecule has 10 heteroatoms. The van der Waals surface area contributed by atoms with Crippen LogP contribution in [0.25, 0.3) is 0 Å². The summed E-state index contributed by atoms with van der Waals surface area (Å²) in [6.07, 6.45) is 0. The van der Waals surface area contributed by atoms with Crippen LogP contribution in [0, 0.1) is 0 Å². The normalized spacial score (nSPS) is 16.1. The van der Waals surface area contributed by atoms with Crippen LogP contribution in [0.1, 0.15) is 34.6 Å². The van der Waals surface area contributed by atoms with Crippen LogP contribution in [-0.4, -0.2) is 73.2 Å². The van der Waals surface area contributed by atoms with Crippen LogP contribution in [-0.2, 0) is 18.6 Å². The molecule has 0 aromatic heterocycles. The summed E-state index contributed by atoms with van der Waals surface area (Å²) in [6.45, 7) is 14.8. The summed E-state index contributed by atoms with van der Waals surface area (Å²) in [6, 6.07) is 12.9. The quantitative estimate of drug-likeness (QED) is 0.404. The highest BCUT2D eigenvalue weighted by molar-refractivity contribution is 7.59. The van der Waals surface area contributed by atoms with E-state index in [0.29, 0.717) is 88.1 Å². The van der Waals surface area contributed by atoms with Gasteiger partial charge in [-0.15, -0.1) is 0 Å². The molecule has 1 aliphatic rings. The third-order valence-electron chi connectivity index (χ3n) is 5.00. The van der Waals surface area contributed by atoms with Crippen molar-refractivity contribution in [2.75, 3.05) is 77.8 Å². The van der Waals surface area contributed by atoms with Crippen LogP contribution in [0.2, 0.25) is 0 Å². The van der Waals surface area contributed by atoms with E-state index in [0.717, 1.165) is 0 Å².